The van der Waals surface area contributed by atoms with Gasteiger partial charge in [-0.15, -0.1) is 0 Å². The predicted molar refractivity (Wildman–Crippen MR) is 74.2 cm³/mol. The quantitative estimate of drug-likeness (QED) is 0.897. The number of aryl methyl sites for hydroxylation is 3. The molecule has 4 nitrogen and oxygen atoms in total. The third-order valence-corrected chi connectivity index (χ3v) is 3.18. The molecule has 1 heterocycles. The van der Waals surface area contributed by atoms with Gasteiger partial charge in [-0.2, -0.15) is 0 Å². The lowest BCUT2D eigenvalue weighted by molar-refractivity contribution is 0.298. The fourth-order valence-corrected chi connectivity index (χ4v) is 2.06. The first kappa shape index (κ1) is 13.6. The normalized spacial score (nSPS) is 10.7. The Balaban J connectivity index is 2.15. The van der Waals surface area contributed by atoms with E-state index in [1.807, 2.05) is 26.0 Å². The van der Waals surface area contributed by atoms with Gasteiger partial charge in [-0.05, 0) is 45.4 Å². The van der Waals surface area contributed by atoms with Crippen molar-refractivity contribution < 1.29 is 9.26 Å². The van der Waals surface area contributed by atoms with Crippen LogP contribution in [-0.2, 0) is 13.0 Å². The van der Waals surface area contributed by atoms with Crippen LogP contribution in [0.5, 0.6) is 5.75 Å². The number of aromatic nitrogens is 1. The highest BCUT2D eigenvalue weighted by Crippen LogP contribution is 2.23. The topological polar surface area (TPSA) is 61.3 Å². The minimum atomic E-state index is 0.474. The van der Waals surface area contributed by atoms with Crippen molar-refractivity contribution in [2.45, 2.75) is 33.8 Å². The van der Waals surface area contributed by atoms with E-state index in [2.05, 4.69) is 18.1 Å². The molecule has 0 fully saturated rings. The summed E-state index contributed by atoms with van der Waals surface area (Å²) in [6.45, 7) is 6.98. The van der Waals surface area contributed by atoms with Crippen molar-refractivity contribution in [3.05, 3.63) is 46.3 Å². The second kappa shape index (κ2) is 5.89. The van der Waals surface area contributed by atoms with Crippen molar-refractivity contribution in [1.29, 1.82) is 0 Å². The van der Waals surface area contributed by atoms with Gasteiger partial charge in [-0.25, -0.2) is 0 Å². The lowest BCUT2D eigenvalue weighted by Crippen LogP contribution is -2.06. The summed E-state index contributed by atoms with van der Waals surface area (Å²) in [5.74, 6) is 1.70. The van der Waals surface area contributed by atoms with Gasteiger partial charge < -0.3 is 15.0 Å². The zero-order valence-electron chi connectivity index (χ0n) is 11.7. The lowest BCUT2D eigenvalue weighted by Gasteiger charge is -2.11. The molecule has 0 radical (unpaired) electrons. The van der Waals surface area contributed by atoms with Crippen LogP contribution in [0.1, 0.15) is 28.1 Å². The first-order valence-electron chi connectivity index (χ1n) is 6.46. The minimum absolute atomic E-state index is 0.474. The number of nitrogens with zero attached hydrogens (tertiary/aromatic N) is 1. The Morgan fingerprint density at radius 2 is 2.05 bits per heavy atom. The molecule has 2 aromatic rings. The van der Waals surface area contributed by atoms with Crippen LogP contribution >= 0.6 is 0 Å². The Bertz CT molecular complexity index is 542. The third-order valence-electron chi connectivity index (χ3n) is 3.18. The van der Waals surface area contributed by atoms with Gasteiger partial charge in [0.05, 0.1) is 11.3 Å². The van der Waals surface area contributed by atoms with Crippen molar-refractivity contribution in [3.8, 4) is 5.75 Å². The van der Waals surface area contributed by atoms with E-state index in [1.54, 1.807) is 0 Å². The molecule has 0 spiro atoms. The molecular weight excluding hydrogens is 240 g/mol. The molecule has 0 unspecified atom stereocenters. The maximum atomic E-state index is 5.90. The van der Waals surface area contributed by atoms with E-state index < -0.39 is 0 Å². The summed E-state index contributed by atoms with van der Waals surface area (Å²) in [4.78, 5) is 0. The predicted octanol–water partition coefficient (Wildman–Crippen LogP) is 2.68. The van der Waals surface area contributed by atoms with E-state index in [0.717, 1.165) is 34.8 Å². The fourth-order valence-electron chi connectivity index (χ4n) is 2.06. The molecule has 0 amide bonds. The van der Waals surface area contributed by atoms with Gasteiger partial charge in [0.15, 0.2) is 0 Å². The maximum absolute atomic E-state index is 5.90. The molecule has 0 saturated heterocycles. The van der Waals surface area contributed by atoms with Crippen LogP contribution in [0.3, 0.4) is 0 Å². The summed E-state index contributed by atoms with van der Waals surface area (Å²) >= 11 is 0. The summed E-state index contributed by atoms with van der Waals surface area (Å²) in [5.41, 5.74) is 9.89. The Labute approximate surface area is 113 Å². The van der Waals surface area contributed by atoms with Gasteiger partial charge in [0, 0.05) is 0 Å². The zero-order chi connectivity index (χ0) is 13.8. The average Bonchev–Trinajstić information content (AvgIpc) is 2.69. The minimum Gasteiger partial charge on any atom is -0.488 e. The second-order valence-electron chi connectivity index (χ2n) is 4.74. The van der Waals surface area contributed by atoms with Crippen LogP contribution in [-0.4, -0.2) is 11.7 Å². The Morgan fingerprint density at radius 3 is 2.68 bits per heavy atom. The molecule has 0 aliphatic heterocycles. The number of nitrogens with two attached hydrogens (primary N) is 1. The largest absolute Gasteiger partial charge is 0.488 e. The highest BCUT2D eigenvalue weighted by Gasteiger charge is 2.11. The molecule has 2 rings (SSSR count). The second-order valence-corrected chi connectivity index (χ2v) is 4.74. The van der Waals surface area contributed by atoms with Gasteiger partial charge in [-0.1, -0.05) is 22.9 Å². The summed E-state index contributed by atoms with van der Waals surface area (Å²) in [7, 11) is 0. The highest BCUT2D eigenvalue weighted by atomic mass is 16.5. The number of ether oxygens (including phenoxy) is 1. The molecule has 0 atom stereocenters. The first-order chi connectivity index (χ1) is 9.11. The van der Waals surface area contributed by atoms with Crippen LogP contribution in [0.25, 0.3) is 0 Å². The lowest BCUT2D eigenvalue weighted by atomic mass is 10.1. The van der Waals surface area contributed by atoms with Gasteiger partial charge in [-0.3, -0.25) is 0 Å². The van der Waals surface area contributed by atoms with Crippen LogP contribution in [0.2, 0.25) is 0 Å². The van der Waals surface area contributed by atoms with Crippen molar-refractivity contribution in [1.82, 2.24) is 5.16 Å². The molecule has 4 heteroatoms. The summed E-state index contributed by atoms with van der Waals surface area (Å²) in [6, 6.07) is 6.16. The number of rotatable bonds is 5. The molecule has 19 heavy (non-hydrogen) atoms. The molecule has 0 aliphatic carbocycles. The fraction of sp³-hybridized carbons (Fsp3) is 0.400. The molecule has 0 saturated carbocycles. The monoisotopic (exact) mass is 260 g/mol. The van der Waals surface area contributed by atoms with E-state index in [-0.39, 0.29) is 0 Å². The van der Waals surface area contributed by atoms with E-state index in [0.29, 0.717) is 13.2 Å². The molecule has 1 aromatic carbocycles. The Kier molecular flexibility index (Phi) is 4.22. The smallest absolute Gasteiger partial charge is 0.140 e. The van der Waals surface area contributed by atoms with Crippen molar-refractivity contribution in [2.75, 3.05) is 6.54 Å². The summed E-state index contributed by atoms with van der Waals surface area (Å²) < 4.78 is 11.0. The summed E-state index contributed by atoms with van der Waals surface area (Å²) in [5, 5.41) is 3.93. The third kappa shape index (κ3) is 3.15. The average molecular weight is 260 g/mol. The van der Waals surface area contributed by atoms with E-state index in [1.165, 1.54) is 5.56 Å². The van der Waals surface area contributed by atoms with E-state index in [9.17, 15) is 0 Å². The number of hydrogen-bond acceptors (Lipinski definition) is 4. The summed E-state index contributed by atoms with van der Waals surface area (Å²) in [6.07, 6.45) is 0.818. The first-order valence-corrected chi connectivity index (χ1v) is 6.46. The number of benzene rings is 1. The van der Waals surface area contributed by atoms with Gasteiger partial charge in [0.2, 0.25) is 0 Å². The molecule has 0 aliphatic rings. The number of hydrogen-bond donors (Lipinski definition) is 1. The van der Waals surface area contributed by atoms with Crippen molar-refractivity contribution in [3.63, 3.8) is 0 Å². The SMILES string of the molecule is Cc1ccc(OCc2c(C)noc2C)c(CCN)c1. The van der Waals surface area contributed by atoms with Crippen LogP contribution in [0, 0.1) is 20.8 Å². The van der Waals surface area contributed by atoms with Gasteiger partial charge in [0.25, 0.3) is 0 Å². The Hall–Kier alpha value is -1.81. The molecule has 2 N–H and O–H groups in total. The van der Waals surface area contributed by atoms with Crippen LogP contribution in [0.15, 0.2) is 22.7 Å². The molecule has 1 aromatic heterocycles. The van der Waals surface area contributed by atoms with Gasteiger partial charge in [0.1, 0.15) is 18.1 Å². The van der Waals surface area contributed by atoms with Crippen molar-refractivity contribution >= 4 is 0 Å². The van der Waals surface area contributed by atoms with Crippen LogP contribution in [0.4, 0.5) is 0 Å². The molecular formula is C15H20N2O2. The van der Waals surface area contributed by atoms with E-state index in [4.69, 9.17) is 15.0 Å². The molecule has 102 valence electrons. The Morgan fingerprint density at radius 1 is 1.26 bits per heavy atom. The maximum Gasteiger partial charge on any atom is 0.140 e. The van der Waals surface area contributed by atoms with E-state index >= 15 is 0 Å². The standard InChI is InChI=1S/C15H20N2O2/c1-10-4-5-15(13(8-10)6-7-16)18-9-14-11(2)17-19-12(14)3/h4-5,8H,6-7,9,16H2,1-3H3. The molecule has 0 bridgehead atoms. The highest BCUT2D eigenvalue weighted by molar-refractivity contribution is 5.37. The van der Waals surface area contributed by atoms with Crippen LogP contribution < -0.4 is 10.5 Å². The zero-order valence-corrected chi connectivity index (χ0v) is 11.7. The van der Waals surface area contributed by atoms with Crippen molar-refractivity contribution in [2.24, 2.45) is 5.73 Å². The van der Waals surface area contributed by atoms with Gasteiger partial charge >= 0.3 is 0 Å².